The number of hydrogen-bond acceptors (Lipinski definition) is 4. The van der Waals surface area contributed by atoms with Crippen molar-refractivity contribution in [1.29, 1.82) is 0 Å². The molecule has 0 radical (unpaired) electrons. The molecule has 132 valence electrons. The fraction of sp³-hybridized carbons (Fsp3) is 0.190. The van der Waals surface area contributed by atoms with Gasteiger partial charge in [0.25, 0.3) is 5.91 Å². The molecule has 0 aliphatic rings. The molecule has 3 aromatic rings. The highest BCUT2D eigenvalue weighted by atomic mass is 16.1. The summed E-state index contributed by atoms with van der Waals surface area (Å²) < 4.78 is 0. The van der Waals surface area contributed by atoms with Crippen LogP contribution in [0.1, 0.15) is 32.7 Å². The fourth-order valence-electron chi connectivity index (χ4n) is 2.94. The zero-order valence-corrected chi connectivity index (χ0v) is 15.4. The minimum Gasteiger partial charge on any atom is -0.339 e. The van der Waals surface area contributed by atoms with Gasteiger partial charge in [-0.2, -0.15) is 0 Å². The molecule has 0 saturated carbocycles. The molecule has 1 amide bonds. The van der Waals surface area contributed by atoms with Crippen molar-refractivity contribution in [1.82, 2.24) is 9.97 Å². The van der Waals surface area contributed by atoms with Crippen molar-refractivity contribution in [3.63, 3.8) is 0 Å². The van der Waals surface area contributed by atoms with Crippen LogP contribution in [0.25, 0.3) is 0 Å². The average Bonchev–Trinajstić information content (AvgIpc) is 2.58. The summed E-state index contributed by atoms with van der Waals surface area (Å²) in [5.41, 5.74) is 6.42. The van der Waals surface area contributed by atoms with Gasteiger partial charge in [0.15, 0.2) is 0 Å². The minimum atomic E-state index is -0.269. The Labute approximate surface area is 153 Å². The molecule has 26 heavy (non-hydrogen) atoms. The highest BCUT2D eigenvalue weighted by molar-refractivity contribution is 6.03. The van der Waals surface area contributed by atoms with Crippen LogP contribution in [0.5, 0.6) is 0 Å². The zero-order chi connectivity index (χ0) is 18.7. The fourth-order valence-corrected chi connectivity index (χ4v) is 2.94. The van der Waals surface area contributed by atoms with Gasteiger partial charge in [-0.15, -0.1) is 0 Å². The van der Waals surface area contributed by atoms with Crippen LogP contribution in [-0.4, -0.2) is 15.9 Å². The minimum absolute atomic E-state index is 0.269. The van der Waals surface area contributed by atoms with Crippen molar-refractivity contribution in [2.24, 2.45) is 0 Å². The summed E-state index contributed by atoms with van der Waals surface area (Å²) in [4.78, 5) is 21.0. The Morgan fingerprint density at radius 1 is 0.885 bits per heavy atom. The third-order valence-electron chi connectivity index (χ3n) is 4.09. The maximum absolute atomic E-state index is 12.5. The molecule has 0 spiro atoms. The number of carbonyl (C=O) groups is 1. The number of nitrogens with one attached hydrogen (secondary N) is 2. The summed E-state index contributed by atoms with van der Waals surface area (Å²) in [5, 5.41) is 6.12. The average molecular weight is 346 g/mol. The van der Waals surface area contributed by atoms with E-state index in [9.17, 15) is 4.79 Å². The lowest BCUT2D eigenvalue weighted by atomic mass is 10.1. The molecule has 0 bridgehead atoms. The normalized spacial score (nSPS) is 10.5. The Morgan fingerprint density at radius 2 is 1.62 bits per heavy atom. The number of carbonyl (C=O) groups excluding carboxylic acids is 1. The molecule has 5 heteroatoms. The van der Waals surface area contributed by atoms with Crippen LogP contribution in [0.15, 0.2) is 48.8 Å². The number of aromatic nitrogens is 2. The van der Waals surface area contributed by atoms with E-state index >= 15 is 0 Å². The summed E-state index contributed by atoms with van der Waals surface area (Å²) in [6.45, 7) is 8.03. The topological polar surface area (TPSA) is 66.9 Å². The number of benzene rings is 2. The van der Waals surface area contributed by atoms with Crippen LogP contribution in [0.3, 0.4) is 0 Å². The Balaban J connectivity index is 1.73. The van der Waals surface area contributed by atoms with Crippen molar-refractivity contribution < 1.29 is 4.79 Å². The predicted molar refractivity (Wildman–Crippen MR) is 105 cm³/mol. The summed E-state index contributed by atoms with van der Waals surface area (Å²) >= 11 is 0. The lowest BCUT2D eigenvalue weighted by Gasteiger charge is -2.12. The van der Waals surface area contributed by atoms with Gasteiger partial charge in [0.1, 0.15) is 11.5 Å². The van der Waals surface area contributed by atoms with E-state index in [0.29, 0.717) is 5.82 Å². The first-order valence-corrected chi connectivity index (χ1v) is 8.47. The van der Waals surface area contributed by atoms with E-state index in [1.54, 1.807) is 6.20 Å². The second-order valence-electron chi connectivity index (χ2n) is 6.51. The first kappa shape index (κ1) is 17.6. The Bertz CT molecular complexity index is 925. The van der Waals surface area contributed by atoms with Crippen molar-refractivity contribution >= 4 is 23.1 Å². The van der Waals surface area contributed by atoms with Crippen molar-refractivity contribution in [3.05, 3.63) is 76.7 Å². The first-order chi connectivity index (χ1) is 12.4. The van der Waals surface area contributed by atoms with Gasteiger partial charge in [-0.05, 0) is 56.5 Å². The lowest BCUT2D eigenvalue weighted by Crippen LogP contribution is -2.16. The maximum atomic E-state index is 12.5. The molecule has 0 aliphatic heterocycles. The molecule has 3 rings (SSSR count). The molecule has 1 heterocycles. The largest absolute Gasteiger partial charge is 0.339 e. The van der Waals surface area contributed by atoms with E-state index in [-0.39, 0.29) is 11.6 Å². The number of amides is 1. The number of anilines is 3. The Kier molecular flexibility index (Phi) is 4.98. The van der Waals surface area contributed by atoms with Crippen molar-refractivity contribution in [2.45, 2.75) is 27.7 Å². The van der Waals surface area contributed by atoms with Crippen LogP contribution in [0, 0.1) is 27.7 Å². The molecule has 5 nitrogen and oxygen atoms in total. The zero-order valence-electron chi connectivity index (χ0n) is 15.4. The number of rotatable bonds is 4. The molecular formula is C21H22N4O. The summed E-state index contributed by atoms with van der Waals surface area (Å²) in [7, 11) is 0. The number of aryl methyl sites for hydroxylation is 4. The van der Waals surface area contributed by atoms with Gasteiger partial charge in [0.05, 0.1) is 12.4 Å². The van der Waals surface area contributed by atoms with Gasteiger partial charge < -0.3 is 10.6 Å². The van der Waals surface area contributed by atoms with Crippen LogP contribution >= 0.6 is 0 Å². The van der Waals surface area contributed by atoms with E-state index < -0.39 is 0 Å². The van der Waals surface area contributed by atoms with Crippen molar-refractivity contribution in [3.8, 4) is 0 Å². The molecular weight excluding hydrogens is 324 g/mol. The smallest absolute Gasteiger partial charge is 0.275 e. The van der Waals surface area contributed by atoms with E-state index in [1.807, 2.05) is 64.1 Å². The van der Waals surface area contributed by atoms with Crippen LogP contribution in [-0.2, 0) is 0 Å². The van der Waals surface area contributed by atoms with Crippen LogP contribution < -0.4 is 10.6 Å². The highest BCUT2D eigenvalue weighted by Gasteiger charge is 2.12. The molecule has 0 aliphatic carbocycles. The van der Waals surface area contributed by atoms with Gasteiger partial charge in [-0.25, -0.2) is 9.97 Å². The van der Waals surface area contributed by atoms with Gasteiger partial charge in [-0.1, -0.05) is 29.8 Å². The van der Waals surface area contributed by atoms with E-state index in [1.165, 1.54) is 11.8 Å². The Morgan fingerprint density at radius 3 is 2.23 bits per heavy atom. The third kappa shape index (κ3) is 4.06. The van der Waals surface area contributed by atoms with Gasteiger partial charge in [0.2, 0.25) is 0 Å². The number of hydrogen-bond donors (Lipinski definition) is 2. The van der Waals surface area contributed by atoms with Crippen LogP contribution in [0.4, 0.5) is 17.2 Å². The SMILES string of the molecule is Cc1cccc(Nc2cnc(C(=O)Nc3c(C)cc(C)cc3C)cn2)c1. The third-order valence-corrected chi connectivity index (χ3v) is 4.09. The molecule has 2 aromatic carbocycles. The van der Waals surface area contributed by atoms with Gasteiger partial charge in [-0.3, -0.25) is 4.79 Å². The van der Waals surface area contributed by atoms with Crippen molar-refractivity contribution in [2.75, 3.05) is 10.6 Å². The molecule has 0 atom stereocenters. The summed E-state index contributed by atoms with van der Waals surface area (Å²) in [5.74, 6) is 0.324. The molecule has 1 aromatic heterocycles. The molecule has 0 fully saturated rings. The number of nitrogens with zero attached hydrogens (tertiary/aromatic N) is 2. The standard InChI is InChI=1S/C21H22N4O/c1-13-6-5-7-17(10-13)24-19-12-22-18(11-23-19)21(26)25-20-15(3)8-14(2)9-16(20)4/h5-12H,1-4H3,(H,23,24)(H,25,26). The molecule has 0 unspecified atom stereocenters. The molecule has 0 saturated heterocycles. The van der Waals surface area contributed by atoms with E-state index in [2.05, 4.69) is 20.6 Å². The maximum Gasteiger partial charge on any atom is 0.275 e. The Hall–Kier alpha value is -3.21. The monoisotopic (exact) mass is 346 g/mol. The summed E-state index contributed by atoms with van der Waals surface area (Å²) in [6, 6.07) is 12.1. The molecule has 2 N–H and O–H groups in total. The summed E-state index contributed by atoms with van der Waals surface area (Å²) in [6.07, 6.45) is 3.04. The van der Waals surface area contributed by atoms with E-state index in [0.717, 1.165) is 28.1 Å². The van der Waals surface area contributed by atoms with E-state index in [4.69, 9.17) is 0 Å². The lowest BCUT2D eigenvalue weighted by molar-refractivity contribution is 0.102. The first-order valence-electron chi connectivity index (χ1n) is 8.47. The highest BCUT2D eigenvalue weighted by Crippen LogP contribution is 2.22. The van der Waals surface area contributed by atoms with Gasteiger partial charge in [0, 0.05) is 11.4 Å². The van der Waals surface area contributed by atoms with Gasteiger partial charge >= 0.3 is 0 Å². The van der Waals surface area contributed by atoms with Crippen LogP contribution in [0.2, 0.25) is 0 Å². The predicted octanol–water partition coefficient (Wildman–Crippen LogP) is 4.71. The second-order valence-corrected chi connectivity index (χ2v) is 6.51. The quantitative estimate of drug-likeness (QED) is 0.718. The second kappa shape index (κ2) is 7.35.